The quantitative estimate of drug-likeness (QED) is 0.592. The molecule has 0 saturated carbocycles. The number of benzene rings is 2. The summed E-state index contributed by atoms with van der Waals surface area (Å²) in [5.74, 6) is 1.56. The van der Waals surface area contributed by atoms with Gasteiger partial charge in [-0.2, -0.15) is 5.10 Å². The first-order chi connectivity index (χ1) is 15.4. The highest BCUT2D eigenvalue weighted by atomic mass is 32.2. The van der Waals surface area contributed by atoms with E-state index in [1.54, 1.807) is 54.3 Å². The van der Waals surface area contributed by atoms with E-state index < -0.39 is 15.7 Å². The highest BCUT2D eigenvalue weighted by Crippen LogP contribution is 2.34. The Bertz CT molecular complexity index is 1340. The van der Waals surface area contributed by atoms with Crippen LogP contribution in [-0.2, 0) is 26.1 Å². The number of methoxy groups -OCH3 is 1. The Hall–Kier alpha value is -3.79. The largest absolute Gasteiger partial charge is 0.497 e. The lowest BCUT2D eigenvalue weighted by Crippen LogP contribution is -2.14. The Morgan fingerprint density at radius 3 is 2.69 bits per heavy atom. The van der Waals surface area contributed by atoms with E-state index in [2.05, 4.69) is 10.4 Å². The van der Waals surface area contributed by atoms with Gasteiger partial charge < -0.3 is 19.5 Å². The molecule has 0 aliphatic carbocycles. The van der Waals surface area contributed by atoms with Crippen LogP contribution in [0.3, 0.4) is 0 Å². The lowest BCUT2D eigenvalue weighted by molar-refractivity contribution is -0.111. The molecule has 9 nitrogen and oxygen atoms in total. The average Bonchev–Trinajstić information content (AvgIpc) is 3.45. The number of nitrogens with one attached hydrogen (secondary N) is 1. The molecule has 5 rings (SSSR count). The minimum Gasteiger partial charge on any atom is -0.497 e. The molecule has 0 fully saturated rings. The first-order valence-electron chi connectivity index (χ1n) is 9.76. The SMILES string of the molecule is COc1ccc(-n2nc3c(c2NC(=O)C=Cc2ccc4c(c2)OCO4)CS(=O)(=O)C3)cc1. The maximum Gasteiger partial charge on any atom is 0.249 e. The maximum atomic E-state index is 12.7. The van der Waals surface area contributed by atoms with Crippen molar-refractivity contribution in [3.05, 3.63) is 65.4 Å². The van der Waals surface area contributed by atoms with Crippen molar-refractivity contribution < 1.29 is 27.4 Å². The third-order valence-electron chi connectivity index (χ3n) is 5.17. The second-order valence-electron chi connectivity index (χ2n) is 7.35. The van der Waals surface area contributed by atoms with Crippen LogP contribution in [0.25, 0.3) is 11.8 Å². The Labute approximate surface area is 184 Å². The third-order valence-corrected chi connectivity index (χ3v) is 6.61. The summed E-state index contributed by atoms with van der Waals surface area (Å²) in [5.41, 5.74) is 2.38. The molecule has 3 aromatic rings. The molecule has 3 heterocycles. The fourth-order valence-corrected chi connectivity index (χ4v) is 5.12. The molecule has 1 amide bonds. The van der Waals surface area contributed by atoms with Crippen LogP contribution in [0, 0.1) is 0 Å². The van der Waals surface area contributed by atoms with Crippen molar-refractivity contribution in [3.63, 3.8) is 0 Å². The molecule has 0 radical (unpaired) electrons. The Morgan fingerprint density at radius 1 is 1.12 bits per heavy atom. The fourth-order valence-electron chi connectivity index (χ4n) is 3.63. The topological polar surface area (TPSA) is 109 Å². The van der Waals surface area contributed by atoms with Crippen LogP contribution in [0.1, 0.15) is 16.8 Å². The molecular weight excluding hydrogens is 434 g/mol. The lowest BCUT2D eigenvalue weighted by Gasteiger charge is -2.10. The minimum atomic E-state index is -3.28. The number of rotatable bonds is 5. The standard InChI is InChI=1S/C22H19N3O6S/c1-29-16-6-4-15(5-7-16)25-22(17-11-32(27,28)12-18(17)24-25)23-21(26)9-3-14-2-8-19-20(10-14)31-13-30-19/h2-10H,11-13H2,1H3,(H,23,26). The van der Waals surface area contributed by atoms with Crippen molar-refractivity contribution in [2.24, 2.45) is 0 Å². The smallest absolute Gasteiger partial charge is 0.249 e. The van der Waals surface area contributed by atoms with Gasteiger partial charge >= 0.3 is 0 Å². The van der Waals surface area contributed by atoms with Crippen molar-refractivity contribution in [2.75, 3.05) is 19.2 Å². The molecule has 2 aromatic carbocycles. The molecule has 10 heteroatoms. The zero-order valence-electron chi connectivity index (χ0n) is 17.1. The number of aromatic nitrogens is 2. The van der Waals surface area contributed by atoms with Gasteiger partial charge in [-0.05, 0) is 48.0 Å². The number of hydrogen-bond donors (Lipinski definition) is 1. The minimum absolute atomic E-state index is 0.151. The van der Waals surface area contributed by atoms with Gasteiger partial charge in [-0.15, -0.1) is 0 Å². The van der Waals surface area contributed by atoms with E-state index >= 15 is 0 Å². The number of amides is 1. The molecule has 0 unspecified atom stereocenters. The molecule has 2 aliphatic rings. The molecule has 0 atom stereocenters. The van der Waals surface area contributed by atoms with E-state index in [0.717, 1.165) is 5.56 Å². The lowest BCUT2D eigenvalue weighted by atomic mass is 10.2. The molecule has 1 aromatic heterocycles. The molecule has 0 bridgehead atoms. The van der Waals surface area contributed by atoms with Crippen molar-refractivity contribution >= 4 is 27.6 Å². The molecular formula is C22H19N3O6S. The van der Waals surface area contributed by atoms with E-state index in [-0.39, 0.29) is 18.3 Å². The number of sulfone groups is 1. The number of nitrogens with zero attached hydrogens (tertiary/aromatic N) is 2. The van der Waals surface area contributed by atoms with Gasteiger partial charge in [0.2, 0.25) is 12.7 Å². The van der Waals surface area contributed by atoms with Gasteiger partial charge in [0.05, 0.1) is 30.0 Å². The second kappa shape index (κ2) is 7.72. The summed E-state index contributed by atoms with van der Waals surface area (Å²) >= 11 is 0. The van der Waals surface area contributed by atoms with Gasteiger partial charge in [-0.3, -0.25) is 4.79 Å². The summed E-state index contributed by atoms with van der Waals surface area (Å²) in [6.45, 7) is 0.173. The third kappa shape index (κ3) is 3.80. The second-order valence-corrected chi connectivity index (χ2v) is 9.42. The van der Waals surface area contributed by atoms with Gasteiger partial charge in [-0.1, -0.05) is 6.07 Å². The number of ether oxygens (including phenoxy) is 3. The first-order valence-corrected chi connectivity index (χ1v) is 11.6. The van der Waals surface area contributed by atoms with Crippen LogP contribution >= 0.6 is 0 Å². The summed E-state index contributed by atoms with van der Waals surface area (Å²) in [6, 6.07) is 12.5. The van der Waals surface area contributed by atoms with Gasteiger partial charge in [0.1, 0.15) is 11.6 Å². The van der Waals surface area contributed by atoms with Crippen LogP contribution in [0.4, 0.5) is 5.82 Å². The Kier molecular flexibility index (Phi) is 4.86. The van der Waals surface area contributed by atoms with Crippen molar-refractivity contribution in [2.45, 2.75) is 11.5 Å². The van der Waals surface area contributed by atoms with Crippen LogP contribution in [0.2, 0.25) is 0 Å². The van der Waals surface area contributed by atoms with Gasteiger partial charge in [-0.25, -0.2) is 13.1 Å². The Balaban J connectivity index is 1.43. The zero-order valence-corrected chi connectivity index (χ0v) is 17.9. The highest BCUT2D eigenvalue weighted by molar-refractivity contribution is 7.90. The van der Waals surface area contributed by atoms with Crippen molar-refractivity contribution in [1.82, 2.24) is 9.78 Å². The zero-order chi connectivity index (χ0) is 22.3. The summed E-state index contributed by atoms with van der Waals surface area (Å²) in [6.07, 6.45) is 3.01. The number of hydrogen-bond acceptors (Lipinski definition) is 7. The molecule has 0 spiro atoms. The summed E-state index contributed by atoms with van der Waals surface area (Å²) in [7, 11) is -1.71. The van der Waals surface area contributed by atoms with Crippen LogP contribution in [0.5, 0.6) is 17.2 Å². The van der Waals surface area contributed by atoms with E-state index in [0.29, 0.717) is 40.0 Å². The number of anilines is 1. The van der Waals surface area contributed by atoms with E-state index in [4.69, 9.17) is 14.2 Å². The summed E-state index contributed by atoms with van der Waals surface area (Å²) in [4.78, 5) is 12.7. The number of fused-ring (bicyclic) bond motifs is 2. The van der Waals surface area contributed by atoms with E-state index in [1.165, 1.54) is 6.08 Å². The summed E-state index contributed by atoms with van der Waals surface area (Å²) in [5, 5.41) is 7.25. The highest BCUT2D eigenvalue weighted by Gasteiger charge is 2.33. The van der Waals surface area contributed by atoms with Crippen LogP contribution in [0.15, 0.2) is 48.5 Å². The van der Waals surface area contributed by atoms with Gasteiger partial charge in [0.15, 0.2) is 21.3 Å². The van der Waals surface area contributed by atoms with Gasteiger partial charge in [0, 0.05) is 11.6 Å². The van der Waals surface area contributed by atoms with E-state index in [1.807, 2.05) is 6.07 Å². The van der Waals surface area contributed by atoms with Crippen molar-refractivity contribution in [1.29, 1.82) is 0 Å². The molecule has 2 aliphatic heterocycles. The fraction of sp³-hybridized carbons (Fsp3) is 0.182. The predicted octanol–water partition coefficient (Wildman–Crippen LogP) is 2.69. The number of carbonyl (C=O) groups excluding carboxylic acids is 1. The molecule has 1 N–H and O–H groups in total. The molecule has 0 saturated heterocycles. The predicted molar refractivity (Wildman–Crippen MR) is 117 cm³/mol. The monoisotopic (exact) mass is 453 g/mol. The maximum absolute atomic E-state index is 12.7. The Morgan fingerprint density at radius 2 is 1.91 bits per heavy atom. The first kappa shape index (κ1) is 20.1. The normalized spacial score (nSPS) is 15.7. The van der Waals surface area contributed by atoms with Crippen molar-refractivity contribution in [3.8, 4) is 22.9 Å². The van der Waals surface area contributed by atoms with Crippen LogP contribution in [-0.4, -0.2) is 38.0 Å². The molecule has 164 valence electrons. The average molecular weight is 453 g/mol. The van der Waals surface area contributed by atoms with Crippen LogP contribution < -0.4 is 19.5 Å². The number of carbonyl (C=O) groups is 1. The summed E-state index contributed by atoms with van der Waals surface area (Å²) < 4.78 is 41.6. The van der Waals surface area contributed by atoms with Gasteiger partial charge in [0.25, 0.3) is 0 Å². The van der Waals surface area contributed by atoms with E-state index in [9.17, 15) is 13.2 Å². The molecule has 32 heavy (non-hydrogen) atoms.